The minimum atomic E-state index is 0.0238. The van der Waals surface area contributed by atoms with Crippen LogP contribution >= 0.6 is 0 Å². The highest BCUT2D eigenvalue weighted by atomic mass is 16.7. The molecular formula is C10H16N2O2. The van der Waals surface area contributed by atoms with Crippen LogP contribution in [-0.4, -0.2) is 29.7 Å². The SMILES string of the molecule is c1n[nH]cc1CCOC1CCCCO1. The quantitative estimate of drug-likeness (QED) is 0.793. The summed E-state index contributed by atoms with van der Waals surface area (Å²) < 4.78 is 11.0. The summed E-state index contributed by atoms with van der Waals surface area (Å²) in [4.78, 5) is 0. The highest BCUT2D eigenvalue weighted by molar-refractivity contribution is 5.01. The number of rotatable bonds is 4. The van der Waals surface area contributed by atoms with Gasteiger partial charge in [-0.15, -0.1) is 0 Å². The van der Waals surface area contributed by atoms with Crippen molar-refractivity contribution in [1.82, 2.24) is 10.2 Å². The second-order valence-corrected chi connectivity index (χ2v) is 3.52. The molecule has 2 heterocycles. The Morgan fingerprint density at radius 2 is 2.57 bits per heavy atom. The highest BCUT2D eigenvalue weighted by Gasteiger charge is 2.13. The van der Waals surface area contributed by atoms with Crippen molar-refractivity contribution < 1.29 is 9.47 Å². The van der Waals surface area contributed by atoms with Crippen molar-refractivity contribution in [3.05, 3.63) is 18.0 Å². The Kier molecular flexibility index (Phi) is 3.54. The molecular weight excluding hydrogens is 180 g/mol. The van der Waals surface area contributed by atoms with E-state index in [9.17, 15) is 0 Å². The van der Waals surface area contributed by atoms with Crippen LogP contribution in [0.3, 0.4) is 0 Å². The first-order valence-corrected chi connectivity index (χ1v) is 5.16. The average molecular weight is 196 g/mol. The second kappa shape index (κ2) is 5.12. The van der Waals surface area contributed by atoms with Gasteiger partial charge in [0.05, 0.1) is 12.8 Å². The normalized spacial score (nSPS) is 22.4. The molecule has 1 aliphatic rings. The third-order valence-corrected chi connectivity index (χ3v) is 2.39. The standard InChI is InChI=1S/C10H16N2O2/c1-2-5-13-10(3-1)14-6-4-9-7-11-12-8-9/h7-8,10H,1-6H2,(H,11,12). The Morgan fingerprint density at radius 1 is 1.57 bits per heavy atom. The molecule has 0 spiro atoms. The van der Waals surface area contributed by atoms with Crippen molar-refractivity contribution in [3.8, 4) is 0 Å². The molecule has 78 valence electrons. The molecule has 1 aromatic rings. The van der Waals surface area contributed by atoms with Gasteiger partial charge in [0, 0.05) is 12.8 Å². The lowest BCUT2D eigenvalue weighted by Gasteiger charge is -2.22. The third-order valence-electron chi connectivity index (χ3n) is 2.39. The molecule has 1 aromatic heterocycles. The third kappa shape index (κ3) is 2.82. The van der Waals surface area contributed by atoms with Gasteiger partial charge in [0.25, 0.3) is 0 Å². The Bertz CT molecular complexity index is 243. The molecule has 1 fully saturated rings. The molecule has 1 atom stereocenters. The van der Waals surface area contributed by atoms with Gasteiger partial charge in [0.1, 0.15) is 0 Å². The van der Waals surface area contributed by atoms with Crippen molar-refractivity contribution in [1.29, 1.82) is 0 Å². The summed E-state index contributed by atoms with van der Waals surface area (Å²) in [6.45, 7) is 1.56. The number of aromatic nitrogens is 2. The van der Waals surface area contributed by atoms with Gasteiger partial charge < -0.3 is 9.47 Å². The molecule has 2 rings (SSSR count). The first kappa shape index (κ1) is 9.68. The van der Waals surface area contributed by atoms with Gasteiger partial charge in [-0.1, -0.05) is 0 Å². The zero-order chi connectivity index (χ0) is 9.64. The zero-order valence-electron chi connectivity index (χ0n) is 8.24. The van der Waals surface area contributed by atoms with Crippen molar-refractivity contribution >= 4 is 0 Å². The molecule has 0 aliphatic carbocycles. The predicted octanol–water partition coefficient (Wildman–Crippen LogP) is 1.50. The molecule has 0 amide bonds. The lowest BCUT2D eigenvalue weighted by atomic mass is 10.2. The van der Waals surface area contributed by atoms with E-state index in [0.717, 1.165) is 19.4 Å². The van der Waals surface area contributed by atoms with E-state index in [2.05, 4.69) is 10.2 Å². The summed E-state index contributed by atoms with van der Waals surface area (Å²) in [5.41, 5.74) is 1.18. The number of ether oxygens (including phenoxy) is 2. The topological polar surface area (TPSA) is 47.1 Å². The van der Waals surface area contributed by atoms with Crippen LogP contribution in [0.4, 0.5) is 0 Å². The van der Waals surface area contributed by atoms with E-state index >= 15 is 0 Å². The summed E-state index contributed by atoms with van der Waals surface area (Å²) in [6, 6.07) is 0. The maximum absolute atomic E-state index is 5.59. The van der Waals surface area contributed by atoms with E-state index < -0.39 is 0 Å². The molecule has 0 saturated carbocycles. The Balaban J connectivity index is 1.62. The van der Waals surface area contributed by atoms with Crippen molar-refractivity contribution in [3.63, 3.8) is 0 Å². The van der Waals surface area contributed by atoms with Gasteiger partial charge in [-0.2, -0.15) is 5.10 Å². The van der Waals surface area contributed by atoms with Gasteiger partial charge in [0.15, 0.2) is 6.29 Å². The fourth-order valence-electron chi connectivity index (χ4n) is 1.57. The maximum atomic E-state index is 5.59. The summed E-state index contributed by atoms with van der Waals surface area (Å²) in [6.07, 6.45) is 8.06. The van der Waals surface area contributed by atoms with Crippen molar-refractivity contribution in [2.24, 2.45) is 0 Å². The summed E-state index contributed by atoms with van der Waals surface area (Å²) >= 11 is 0. The monoisotopic (exact) mass is 196 g/mol. The Morgan fingerprint density at radius 3 is 3.29 bits per heavy atom. The lowest BCUT2D eigenvalue weighted by molar-refractivity contribution is -0.161. The average Bonchev–Trinajstić information content (AvgIpc) is 2.72. The predicted molar refractivity (Wildman–Crippen MR) is 51.8 cm³/mol. The fraction of sp³-hybridized carbons (Fsp3) is 0.700. The number of hydrogen-bond acceptors (Lipinski definition) is 3. The van der Waals surface area contributed by atoms with Crippen LogP contribution in [0.25, 0.3) is 0 Å². The molecule has 1 aliphatic heterocycles. The Hall–Kier alpha value is -0.870. The number of hydrogen-bond donors (Lipinski definition) is 1. The fourth-order valence-corrected chi connectivity index (χ4v) is 1.57. The second-order valence-electron chi connectivity index (χ2n) is 3.52. The van der Waals surface area contributed by atoms with Crippen molar-refractivity contribution in [2.45, 2.75) is 32.0 Å². The molecule has 1 unspecified atom stereocenters. The molecule has 4 heteroatoms. The maximum Gasteiger partial charge on any atom is 0.157 e. The molecule has 1 N–H and O–H groups in total. The van der Waals surface area contributed by atoms with Crippen LogP contribution in [0.2, 0.25) is 0 Å². The minimum Gasteiger partial charge on any atom is -0.353 e. The van der Waals surface area contributed by atoms with Crippen LogP contribution in [-0.2, 0) is 15.9 Å². The number of nitrogens with zero attached hydrogens (tertiary/aromatic N) is 1. The number of H-pyrrole nitrogens is 1. The minimum absolute atomic E-state index is 0.0238. The lowest BCUT2D eigenvalue weighted by Crippen LogP contribution is -2.23. The van der Waals surface area contributed by atoms with Crippen LogP contribution in [0.5, 0.6) is 0 Å². The van der Waals surface area contributed by atoms with Gasteiger partial charge in [-0.05, 0) is 31.2 Å². The van der Waals surface area contributed by atoms with Gasteiger partial charge >= 0.3 is 0 Å². The first-order chi connectivity index (χ1) is 6.95. The molecule has 0 radical (unpaired) electrons. The van der Waals surface area contributed by atoms with E-state index in [0.29, 0.717) is 6.61 Å². The van der Waals surface area contributed by atoms with Crippen molar-refractivity contribution in [2.75, 3.05) is 13.2 Å². The van der Waals surface area contributed by atoms with E-state index in [1.165, 1.54) is 18.4 Å². The molecule has 0 aromatic carbocycles. The largest absolute Gasteiger partial charge is 0.353 e. The van der Waals surface area contributed by atoms with Crippen LogP contribution < -0.4 is 0 Å². The summed E-state index contributed by atoms with van der Waals surface area (Å²) in [5.74, 6) is 0. The smallest absolute Gasteiger partial charge is 0.157 e. The van der Waals surface area contributed by atoms with Crippen LogP contribution in [0.1, 0.15) is 24.8 Å². The van der Waals surface area contributed by atoms with Gasteiger partial charge in [-0.25, -0.2) is 0 Å². The summed E-state index contributed by atoms with van der Waals surface area (Å²) in [5, 5.41) is 6.66. The first-order valence-electron chi connectivity index (χ1n) is 5.16. The Labute approximate surface area is 83.6 Å². The van der Waals surface area contributed by atoms with E-state index in [-0.39, 0.29) is 6.29 Å². The van der Waals surface area contributed by atoms with Gasteiger partial charge in [-0.3, -0.25) is 5.10 Å². The molecule has 4 nitrogen and oxygen atoms in total. The molecule has 1 saturated heterocycles. The molecule has 0 bridgehead atoms. The highest BCUT2D eigenvalue weighted by Crippen LogP contribution is 2.13. The van der Waals surface area contributed by atoms with Crippen LogP contribution in [0, 0.1) is 0 Å². The van der Waals surface area contributed by atoms with E-state index in [4.69, 9.17) is 9.47 Å². The number of nitrogens with one attached hydrogen (secondary N) is 1. The summed E-state index contributed by atoms with van der Waals surface area (Å²) in [7, 11) is 0. The molecule has 14 heavy (non-hydrogen) atoms. The van der Waals surface area contributed by atoms with Crippen LogP contribution in [0.15, 0.2) is 12.4 Å². The number of aromatic amines is 1. The van der Waals surface area contributed by atoms with Gasteiger partial charge in [0.2, 0.25) is 0 Å². The van der Waals surface area contributed by atoms with E-state index in [1.54, 1.807) is 0 Å². The van der Waals surface area contributed by atoms with E-state index in [1.807, 2.05) is 12.4 Å². The zero-order valence-corrected chi connectivity index (χ0v) is 8.24.